The van der Waals surface area contributed by atoms with E-state index in [4.69, 9.17) is 4.74 Å². The van der Waals surface area contributed by atoms with Crippen molar-refractivity contribution in [3.8, 4) is 5.75 Å². The minimum Gasteiger partial charge on any atom is -0.494 e. The van der Waals surface area contributed by atoms with E-state index in [2.05, 4.69) is 23.1 Å². The lowest BCUT2D eigenvalue weighted by atomic mass is 9.93. The maximum atomic E-state index is 13.0. The standard InChI is InChI=1S/C19H25NO2/c1-2-22-17-8-7-13-9-10-20(12-16(13)11-17)19(21)18(14-3-4-14)15-5-6-15/h7-8,11,14-15,18H,2-6,9-10,12H2,1H3. The Bertz CT molecular complexity index is 563. The third-order valence-electron chi connectivity index (χ3n) is 5.36. The summed E-state index contributed by atoms with van der Waals surface area (Å²) in [6.45, 7) is 4.35. The Labute approximate surface area is 132 Å². The summed E-state index contributed by atoms with van der Waals surface area (Å²) in [5.41, 5.74) is 2.65. The second-order valence-electron chi connectivity index (χ2n) is 7.07. The zero-order valence-corrected chi connectivity index (χ0v) is 13.4. The molecule has 0 aromatic heterocycles. The van der Waals surface area contributed by atoms with Gasteiger partial charge in [0.05, 0.1) is 6.61 Å². The van der Waals surface area contributed by atoms with E-state index in [1.807, 2.05) is 6.92 Å². The van der Waals surface area contributed by atoms with Crippen molar-refractivity contribution >= 4 is 5.91 Å². The molecule has 0 spiro atoms. The second kappa shape index (κ2) is 5.60. The number of fused-ring (bicyclic) bond motifs is 1. The van der Waals surface area contributed by atoms with Gasteiger partial charge in [0.25, 0.3) is 0 Å². The van der Waals surface area contributed by atoms with Crippen LogP contribution < -0.4 is 4.74 Å². The van der Waals surface area contributed by atoms with E-state index < -0.39 is 0 Å². The van der Waals surface area contributed by atoms with Gasteiger partial charge in [-0.05, 0) is 74.1 Å². The molecule has 0 radical (unpaired) electrons. The van der Waals surface area contributed by atoms with Crippen LogP contribution in [0.5, 0.6) is 5.75 Å². The first-order chi connectivity index (χ1) is 10.8. The molecule has 1 heterocycles. The average molecular weight is 299 g/mol. The molecule has 1 aromatic carbocycles. The van der Waals surface area contributed by atoms with Crippen molar-refractivity contribution < 1.29 is 9.53 Å². The average Bonchev–Trinajstić information content (AvgIpc) is 3.41. The second-order valence-corrected chi connectivity index (χ2v) is 7.07. The molecule has 2 fully saturated rings. The maximum Gasteiger partial charge on any atom is 0.226 e. The number of rotatable bonds is 5. The summed E-state index contributed by atoms with van der Waals surface area (Å²) in [5, 5.41) is 0. The molecule has 4 rings (SSSR count). The van der Waals surface area contributed by atoms with Gasteiger partial charge in [-0.15, -0.1) is 0 Å². The van der Waals surface area contributed by atoms with Crippen molar-refractivity contribution in [2.24, 2.45) is 17.8 Å². The number of hydrogen-bond acceptors (Lipinski definition) is 2. The molecular weight excluding hydrogens is 274 g/mol. The smallest absolute Gasteiger partial charge is 0.226 e. The summed E-state index contributed by atoms with van der Waals surface area (Å²) >= 11 is 0. The van der Waals surface area contributed by atoms with Crippen LogP contribution in [0.4, 0.5) is 0 Å². The molecule has 0 N–H and O–H groups in total. The first-order valence-corrected chi connectivity index (χ1v) is 8.79. The van der Waals surface area contributed by atoms with E-state index >= 15 is 0 Å². The van der Waals surface area contributed by atoms with E-state index in [0.717, 1.165) is 25.3 Å². The van der Waals surface area contributed by atoms with Crippen molar-refractivity contribution in [2.75, 3.05) is 13.2 Å². The van der Waals surface area contributed by atoms with E-state index in [1.54, 1.807) is 0 Å². The van der Waals surface area contributed by atoms with Crippen molar-refractivity contribution in [3.63, 3.8) is 0 Å². The van der Waals surface area contributed by atoms with Crippen LogP contribution in [0.15, 0.2) is 18.2 Å². The van der Waals surface area contributed by atoms with Gasteiger partial charge in [0.1, 0.15) is 5.75 Å². The number of carbonyl (C=O) groups excluding carboxylic acids is 1. The molecule has 0 atom stereocenters. The number of amides is 1. The quantitative estimate of drug-likeness (QED) is 0.834. The molecule has 1 amide bonds. The highest BCUT2D eigenvalue weighted by atomic mass is 16.5. The molecular formula is C19H25NO2. The molecule has 2 saturated carbocycles. The number of ether oxygens (including phenoxy) is 1. The van der Waals surface area contributed by atoms with Gasteiger partial charge >= 0.3 is 0 Å². The Kier molecular flexibility index (Phi) is 3.59. The third kappa shape index (κ3) is 2.73. The van der Waals surface area contributed by atoms with E-state index in [0.29, 0.717) is 30.3 Å². The Morgan fingerprint density at radius 2 is 1.95 bits per heavy atom. The van der Waals surface area contributed by atoms with Gasteiger partial charge in [-0.2, -0.15) is 0 Å². The van der Waals surface area contributed by atoms with Crippen molar-refractivity contribution in [1.82, 2.24) is 4.90 Å². The fourth-order valence-corrected chi connectivity index (χ4v) is 3.89. The lowest BCUT2D eigenvalue weighted by Gasteiger charge is -2.32. The zero-order chi connectivity index (χ0) is 15.1. The molecule has 3 heteroatoms. The predicted octanol–water partition coefficient (Wildman–Crippen LogP) is 3.41. The normalized spacial score (nSPS) is 20.9. The van der Waals surface area contributed by atoms with Gasteiger partial charge in [0, 0.05) is 19.0 Å². The Morgan fingerprint density at radius 3 is 2.59 bits per heavy atom. The lowest BCUT2D eigenvalue weighted by Crippen LogP contribution is -2.41. The molecule has 0 saturated heterocycles. The Hall–Kier alpha value is -1.51. The lowest BCUT2D eigenvalue weighted by molar-refractivity contribution is -0.138. The van der Waals surface area contributed by atoms with Crippen LogP contribution in [0, 0.1) is 17.8 Å². The summed E-state index contributed by atoms with van der Waals surface area (Å²) in [6.07, 6.45) is 6.06. The van der Waals surface area contributed by atoms with Crippen LogP contribution in [0.1, 0.15) is 43.7 Å². The summed E-state index contributed by atoms with van der Waals surface area (Å²) < 4.78 is 5.61. The molecule has 1 aromatic rings. The fourth-order valence-electron chi connectivity index (χ4n) is 3.89. The molecule has 3 aliphatic rings. The highest BCUT2D eigenvalue weighted by molar-refractivity contribution is 5.80. The van der Waals surface area contributed by atoms with Crippen LogP contribution >= 0.6 is 0 Å². The Morgan fingerprint density at radius 1 is 1.23 bits per heavy atom. The van der Waals surface area contributed by atoms with Crippen LogP contribution in [0.3, 0.4) is 0 Å². The highest BCUT2D eigenvalue weighted by Gasteiger charge is 2.47. The first kappa shape index (κ1) is 14.1. The van der Waals surface area contributed by atoms with E-state index in [-0.39, 0.29) is 0 Å². The van der Waals surface area contributed by atoms with E-state index in [9.17, 15) is 4.79 Å². The van der Waals surface area contributed by atoms with Gasteiger partial charge in [-0.25, -0.2) is 0 Å². The number of hydrogen-bond donors (Lipinski definition) is 0. The monoisotopic (exact) mass is 299 g/mol. The Balaban J connectivity index is 1.50. The SMILES string of the molecule is CCOc1ccc2c(c1)CN(C(=O)C(C1CC1)C1CC1)CC2. The maximum absolute atomic E-state index is 13.0. The van der Waals surface area contributed by atoms with Crippen LogP contribution in [0.2, 0.25) is 0 Å². The number of carbonyl (C=O) groups is 1. The minimum atomic E-state index is 0.330. The summed E-state index contributed by atoms with van der Waals surface area (Å²) in [7, 11) is 0. The van der Waals surface area contributed by atoms with E-state index in [1.165, 1.54) is 36.8 Å². The van der Waals surface area contributed by atoms with Gasteiger partial charge in [-0.1, -0.05) is 6.07 Å². The largest absolute Gasteiger partial charge is 0.494 e. The summed E-state index contributed by atoms with van der Waals surface area (Å²) in [6, 6.07) is 6.35. The van der Waals surface area contributed by atoms with Crippen molar-refractivity contribution in [1.29, 1.82) is 0 Å². The molecule has 2 aliphatic carbocycles. The first-order valence-electron chi connectivity index (χ1n) is 8.79. The topological polar surface area (TPSA) is 29.5 Å². The molecule has 0 unspecified atom stereocenters. The van der Waals surface area contributed by atoms with Crippen LogP contribution in [-0.4, -0.2) is 24.0 Å². The molecule has 3 nitrogen and oxygen atoms in total. The van der Waals surface area contributed by atoms with Crippen molar-refractivity contribution in [3.05, 3.63) is 29.3 Å². The number of nitrogens with zero attached hydrogens (tertiary/aromatic N) is 1. The third-order valence-corrected chi connectivity index (χ3v) is 5.36. The summed E-state index contributed by atoms with van der Waals surface area (Å²) in [4.78, 5) is 15.1. The van der Waals surface area contributed by atoms with Crippen LogP contribution in [0.25, 0.3) is 0 Å². The molecule has 22 heavy (non-hydrogen) atoms. The molecule has 118 valence electrons. The van der Waals surface area contributed by atoms with Gasteiger partial charge in [0.2, 0.25) is 5.91 Å². The van der Waals surface area contributed by atoms with Gasteiger partial charge in [-0.3, -0.25) is 4.79 Å². The van der Waals surface area contributed by atoms with Gasteiger partial charge < -0.3 is 9.64 Å². The molecule has 0 bridgehead atoms. The molecule has 1 aliphatic heterocycles. The number of benzene rings is 1. The summed E-state index contributed by atoms with van der Waals surface area (Å²) in [5.74, 6) is 3.07. The zero-order valence-electron chi connectivity index (χ0n) is 13.4. The predicted molar refractivity (Wildman–Crippen MR) is 85.7 cm³/mol. The fraction of sp³-hybridized carbons (Fsp3) is 0.632. The van der Waals surface area contributed by atoms with Gasteiger partial charge in [0.15, 0.2) is 0 Å². The van der Waals surface area contributed by atoms with Crippen molar-refractivity contribution in [2.45, 2.75) is 45.6 Å². The highest BCUT2D eigenvalue weighted by Crippen LogP contribution is 2.50. The minimum absolute atomic E-state index is 0.330. The van der Waals surface area contributed by atoms with Crippen LogP contribution in [-0.2, 0) is 17.8 Å².